The van der Waals surface area contributed by atoms with E-state index in [1.165, 1.54) is 25.0 Å². The van der Waals surface area contributed by atoms with Crippen molar-refractivity contribution in [1.29, 1.82) is 0 Å². The summed E-state index contributed by atoms with van der Waals surface area (Å²) in [7, 11) is 0. The second-order valence-corrected chi connectivity index (χ2v) is 5.64. The summed E-state index contributed by atoms with van der Waals surface area (Å²) < 4.78 is 13.2. The van der Waals surface area contributed by atoms with Crippen molar-refractivity contribution in [3.63, 3.8) is 0 Å². The maximum absolute atomic E-state index is 13.2. The van der Waals surface area contributed by atoms with E-state index < -0.39 is 0 Å². The highest BCUT2D eigenvalue weighted by Gasteiger charge is 2.30. The Balaban J connectivity index is 2.39. The first kappa shape index (κ1) is 14.8. The molecule has 0 saturated carbocycles. The predicted octanol–water partition coefficient (Wildman–Crippen LogP) is 3.60. The molecule has 1 saturated heterocycles. The maximum atomic E-state index is 13.2. The van der Waals surface area contributed by atoms with Crippen LogP contribution in [0.15, 0.2) is 18.2 Å². The summed E-state index contributed by atoms with van der Waals surface area (Å²) in [4.78, 5) is 2.42. The van der Waals surface area contributed by atoms with E-state index in [0.29, 0.717) is 17.5 Å². The molecule has 0 amide bonds. The third-order valence-corrected chi connectivity index (χ3v) is 4.43. The Morgan fingerprint density at radius 3 is 2.84 bits per heavy atom. The van der Waals surface area contributed by atoms with Crippen molar-refractivity contribution in [2.24, 2.45) is 11.7 Å². The second kappa shape index (κ2) is 6.69. The van der Waals surface area contributed by atoms with Crippen molar-refractivity contribution >= 4 is 11.6 Å². The van der Waals surface area contributed by atoms with E-state index in [1.807, 2.05) is 6.07 Å². The third kappa shape index (κ3) is 3.28. The summed E-state index contributed by atoms with van der Waals surface area (Å²) in [6.07, 6.45) is 3.51. The van der Waals surface area contributed by atoms with Crippen LogP contribution >= 0.6 is 11.6 Å². The standard InChI is InChI=1S/C15H22ClFN2/c1-2-19-8-4-3-5-11(10-18)15(19)13-7-6-12(17)9-14(13)16/h6-7,9,11,15H,2-5,8,10,18H2,1H3. The van der Waals surface area contributed by atoms with Gasteiger partial charge in [0, 0.05) is 11.1 Å². The molecule has 0 bridgehead atoms. The molecule has 0 aromatic heterocycles. The molecule has 1 aliphatic heterocycles. The molecular weight excluding hydrogens is 263 g/mol. The zero-order valence-corrected chi connectivity index (χ0v) is 12.2. The van der Waals surface area contributed by atoms with Gasteiger partial charge < -0.3 is 5.73 Å². The second-order valence-electron chi connectivity index (χ2n) is 5.23. The minimum atomic E-state index is -0.283. The number of halogens is 2. The van der Waals surface area contributed by atoms with Crippen LogP contribution in [-0.4, -0.2) is 24.5 Å². The number of nitrogens with two attached hydrogens (primary N) is 1. The van der Waals surface area contributed by atoms with Gasteiger partial charge in [-0.05, 0) is 56.1 Å². The largest absolute Gasteiger partial charge is 0.330 e. The molecule has 4 heteroatoms. The van der Waals surface area contributed by atoms with E-state index in [-0.39, 0.29) is 11.9 Å². The summed E-state index contributed by atoms with van der Waals surface area (Å²) >= 11 is 6.25. The average Bonchev–Trinajstić information content (AvgIpc) is 2.60. The molecule has 0 spiro atoms. The zero-order valence-electron chi connectivity index (χ0n) is 11.4. The molecule has 1 aromatic carbocycles. The fourth-order valence-electron chi connectivity index (χ4n) is 3.11. The third-order valence-electron chi connectivity index (χ3n) is 4.10. The number of likely N-dealkylation sites (tertiary alicyclic amines) is 1. The van der Waals surface area contributed by atoms with Gasteiger partial charge in [0.25, 0.3) is 0 Å². The Morgan fingerprint density at radius 2 is 2.21 bits per heavy atom. The van der Waals surface area contributed by atoms with Crippen molar-refractivity contribution in [1.82, 2.24) is 4.90 Å². The molecule has 19 heavy (non-hydrogen) atoms. The number of benzene rings is 1. The van der Waals surface area contributed by atoms with Gasteiger partial charge in [-0.1, -0.05) is 31.0 Å². The lowest BCUT2D eigenvalue weighted by Gasteiger charge is -2.34. The van der Waals surface area contributed by atoms with E-state index in [4.69, 9.17) is 17.3 Å². The van der Waals surface area contributed by atoms with Crippen LogP contribution in [0.1, 0.15) is 37.8 Å². The number of nitrogens with zero attached hydrogens (tertiary/aromatic N) is 1. The SMILES string of the molecule is CCN1CCCCC(CN)C1c1ccc(F)cc1Cl. The van der Waals surface area contributed by atoms with E-state index in [1.54, 1.807) is 0 Å². The Bertz CT molecular complexity index is 411. The van der Waals surface area contributed by atoms with Gasteiger partial charge in [0.2, 0.25) is 0 Å². The van der Waals surface area contributed by atoms with Gasteiger partial charge >= 0.3 is 0 Å². The minimum Gasteiger partial charge on any atom is -0.330 e. The van der Waals surface area contributed by atoms with E-state index >= 15 is 0 Å². The normalized spacial score (nSPS) is 25.3. The fraction of sp³-hybridized carbons (Fsp3) is 0.600. The molecule has 106 valence electrons. The highest BCUT2D eigenvalue weighted by atomic mass is 35.5. The average molecular weight is 285 g/mol. The smallest absolute Gasteiger partial charge is 0.124 e. The molecule has 2 atom stereocenters. The summed E-state index contributed by atoms with van der Waals surface area (Å²) in [6.45, 7) is 4.83. The molecule has 1 heterocycles. The lowest BCUT2D eigenvalue weighted by molar-refractivity contribution is 0.166. The molecule has 1 aliphatic rings. The molecule has 2 unspecified atom stereocenters. The van der Waals surface area contributed by atoms with Crippen LogP contribution in [0.25, 0.3) is 0 Å². The lowest BCUT2D eigenvalue weighted by Crippen LogP contribution is -2.35. The van der Waals surface area contributed by atoms with Crippen LogP contribution in [0, 0.1) is 11.7 Å². The lowest BCUT2D eigenvalue weighted by atomic mass is 9.89. The first-order valence-electron chi connectivity index (χ1n) is 7.06. The quantitative estimate of drug-likeness (QED) is 0.919. The van der Waals surface area contributed by atoms with E-state index in [2.05, 4.69) is 11.8 Å². The highest BCUT2D eigenvalue weighted by molar-refractivity contribution is 6.31. The topological polar surface area (TPSA) is 29.3 Å². The number of hydrogen-bond acceptors (Lipinski definition) is 2. The fourth-order valence-corrected chi connectivity index (χ4v) is 3.39. The molecule has 1 fully saturated rings. The molecule has 2 N–H and O–H groups in total. The molecule has 0 aliphatic carbocycles. The summed E-state index contributed by atoms with van der Waals surface area (Å²) in [6, 6.07) is 4.93. The highest BCUT2D eigenvalue weighted by Crippen LogP contribution is 2.37. The van der Waals surface area contributed by atoms with Gasteiger partial charge in [-0.15, -0.1) is 0 Å². The summed E-state index contributed by atoms with van der Waals surface area (Å²) in [5, 5.41) is 0.517. The van der Waals surface area contributed by atoms with Gasteiger partial charge in [-0.25, -0.2) is 4.39 Å². The van der Waals surface area contributed by atoms with Gasteiger partial charge in [0.15, 0.2) is 0 Å². The molecule has 1 aromatic rings. The Labute approximate surface area is 119 Å². The predicted molar refractivity (Wildman–Crippen MR) is 77.8 cm³/mol. The van der Waals surface area contributed by atoms with Crippen molar-refractivity contribution in [2.45, 2.75) is 32.2 Å². The minimum absolute atomic E-state index is 0.214. The molecule has 2 nitrogen and oxygen atoms in total. The first-order valence-corrected chi connectivity index (χ1v) is 7.44. The van der Waals surface area contributed by atoms with Crippen LogP contribution in [-0.2, 0) is 0 Å². The Hall–Kier alpha value is -0.640. The Morgan fingerprint density at radius 1 is 1.42 bits per heavy atom. The van der Waals surface area contributed by atoms with Gasteiger partial charge in [0.05, 0.1) is 0 Å². The maximum Gasteiger partial charge on any atom is 0.124 e. The van der Waals surface area contributed by atoms with Crippen LogP contribution in [0.2, 0.25) is 5.02 Å². The van der Waals surface area contributed by atoms with Crippen molar-refractivity contribution < 1.29 is 4.39 Å². The summed E-state index contributed by atoms with van der Waals surface area (Å²) in [5.74, 6) is 0.111. The van der Waals surface area contributed by atoms with Crippen molar-refractivity contribution in [3.05, 3.63) is 34.6 Å². The molecule has 0 radical (unpaired) electrons. The zero-order chi connectivity index (χ0) is 13.8. The summed E-state index contributed by atoms with van der Waals surface area (Å²) in [5.41, 5.74) is 6.97. The van der Waals surface area contributed by atoms with Gasteiger partial charge in [0.1, 0.15) is 5.82 Å². The Kier molecular flexibility index (Phi) is 5.20. The van der Waals surface area contributed by atoms with Crippen LogP contribution in [0.5, 0.6) is 0 Å². The van der Waals surface area contributed by atoms with E-state index in [0.717, 1.165) is 25.1 Å². The van der Waals surface area contributed by atoms with Gasteiger partial charge in [-0.2, -0.15) is 0 Å². The van der Waals surface area contributed by atoms with Crippen LogP contribution in [0.4, 0.5) is 4.39 Å². The first-order chi connectivity index (χ1) is 9.17. The van der Waals surface area contributed by atoms with Crippen LogP contribution in [0.3, 0.4) is 0 Å². The van der Waals surface area contributed by atoms with E-state index in [9.17, 15) is 4.39 Å². The van der Waals surface area contributed by atoms with Crippen molar-refractivity contribution in [3.8, 4) is 0 Å². The number of hydrogen-bond donors (Lipinski definition) is 1. The van der Waals surface area contributed by atoms with Crippen molar-refractivity contribution in [2.75, 3.05) is 19.6 Å². The van der Waals surface area contributed by atoms with Crippen LogP contribution < -0.4 is 5.73 Å². The monoisotopic (exact) mass is 284 g/mol. The molecule has 2 rings (SSSR count). The number of rotatable bonds is 3. The van der Waals surface area contributed by atoms with Gasteiger partial charge in [-0.3, -0.25) is 4.90 Å². The molecular formula is C15H22ClFN2.